The van der Waals surface area contributed by atoms with Gasteiger partial charge in [0.25, 0.3) is 0 Å². The van der Waals surface area contributed by atoms with Crippen molar-refractivity contribution in [3.05, 3.63) is 48.8 Å². The summed E-state index contributed by atoms with van der Waals surface area (Å²) in [7, 11) is 0. The van der Waals surface area contributed by atoms with Gasteiger partial charge in [0, 0.05) is 24.3 Å². The molecule has 0 bridgehead atoms. The number of aromatic nitrogens is 3. The van der Waals surface area contributed by atoms with Crippen LogP contribution in [-0.2, 0) is 0 Å². The number of benzene rings is 1. The van der Waals surface area contributed by atoms with Crippen LogP contribution in [0.5, 0.6) is 0 Å². The first-order chi connectivity index (χ1) is 9.38. The van der Waals surface area contributed by atoms with Gasteiger partial charge in [-0.15, -0.1) is 0 Å². The van der Waals surface area contributed by atoms with Crippen molar-refractivity contribution in [3.8, 4) is 5.95 Å². The van der Waals surface area contributed by atoms with E-state index in [4.69, 9.17) is 5.11 Å². The molecule has 0 atom stereocenters. The van der Waals surface area contributed by atoms with Crippen LogP contribution in [0, 0.1) is 0 Å². The molecule has 96 valence electrons. The number of anilines is 1. The largest absolute Gasteiger partial charge is 0.395 e. The maximum atomic E-state index is 8.94. The minimum absolute atomic E-state index is 0.0666. The second kappa shape index (κ2) is 5.07. The summed E-state index contributed by atoms with van der Waals surface area (Å²) in [4.78, 5) is 9.05. The first-order valence-corrected chi connectivity index (χ1v) is 6.13. The maximum absolute atomic E-state index is 8.94. The minimum atomic E-state index is 0.0666. The lowest BCUT2D eigenvalue weighted by molar-refractivity contribution is 0.311. The molecule has 3 aromatic rings. The fourth-order valence-corrected chi connectivity index (χ4v) is 1.96. The quantitative estimate of drug-likeness (QED) is 0.745. The average Bonchev–Trinajstić information content (AvgIpc) is 2.98. The number of para-hydroxylation sites is 1. The molecule has 0 aliphatic rings. The van der Waals surface area contributed by atoms with Crippen molar-refractivity contribution in [2.24, 2.45) is 0 Å². The molecule has 0 unspecified atom stereocenters. The van der Waals surface area contributed by atoms with E-state index in [2.05, 4.69) is 15.3 Å². The van der Waals surface area contributed by atoms with Gasteiger partial charge in [-0.2, -0.15) is 4.98 Å². The molecule has 5 nitrogen and oxygen atoms in total. The summed E-state index contributed by atoms with van der Waals surface area (Å²) in [6.07, 6.45) is 3.81. The second-order valence-corrected chi connectivity index (χ2v) is 4.13. The molecule has 0 aliphatic heterocycles. The van der Waals surface area contributed by atoms with Gasteiger partial charge in [0.05, 0.1) is 12.1 Å². The van der Waals surface area contributed by atoms with Gasteiger partial charge in [0.15, 0.2) is 0 Å². The highest BCUT2D eigenvalue weighted by Gasteiger charge is 2.07. The Bertz CT molecular complexity index is 679. The van der Waals surface area contributed by atoms with Gasteiger partial charge in [0.2, 0.25) is 5.95 Å². The van der Waals surface area contributed by atoms with E-state index in [1.807, 2.05) is 53.4 Å². The molecule has 5 heteroatoms. The van der Waals surface area contributed by atoms with Gasteiger partial charge in [-0.05, 0) is 24.3 Å². The standard InChI is InChI=1S/C14H14N4O/c19-10-7-15-13-11-5-1-2-6-12(11)16-14(17-13)18-8-3-4-9-18/h1-6,8-9,19H,7,10H2,(H,15,16,17). The predicted molar refractivity (Wildman–Crippen MR) is 74.4 cm³/mol. The lowest BCUT2D eigenvalue weighted by atomic mass is 10.2. The maximum Gasteiger partial charge on any atom is 0.236 e. The molecule has 0 spiro atoms. The molecule has 3 rings (SSSR count). The molecular formula is C14H14N4O. The molecule has 0 amide bonds. The first kappa shape index (κ1) is 11.7. The predicted octanol–water partition coefficient (Wildman–Crippen LogP) is 1.82. The number of nitrogens with zero attached hydrogens (tertiary/aromatic N) is 3. The van der Waals surface area contributed by atoms with E-state index in [1.165, 1.54) is 0 Å². The van der Waals surface area contributed by atoms with E-state index < -0.39 is 0 Å². The molecule has 0 fully saturated rings. The SMILES string of the molecule is OCCNc1nc(-n2cccc2)nc2ccccc12. The van der Waals surface area contributed by atoms with Crippen molar-refractivity contribution >= 4 is 16.7 Å². The molecule has 0 saturated carbocycles. The number of aliphatic hydroxyl groups excluding tert-OH is 1. The molecule has 0 aliphatic carbocycles. The van der Waals surface area contributed by atoms with Crippen molar-refractivity contribution in [1.29, 1.82) is 0 Å². The molecule has 2 aromatic heterocycles. The van der Waals surface area contributed by atoms with E-state index in [-0.39, 0.29) is 6.61 Å². The first-order valence-electron chi connectivity index (χ1n) is 6.13. The topological polar surface area (TPSA) is 63.0 Å². The summed E-state index contributed by atoms with van der Waals surface area (Å²) in [5, 5.41) is 13.0. The molecule has 2 N–H and O–H groups in total. The highest BCUT2D eigenvalue weighted by atomic mass is 16.3. The number of nitrogens with one attached hydrogen (secondary N) is 1. The Morgan fingerprint density at radius 1 is 1.05 bits per heavy atom. The van der Waals surface area contributed by atoms with Crippen molar-refractivity contribution in [1.82, 2.24) is 14.5 Å². The summed E-state index contributed by atoms with van der Waals surface area (Å²) in [5.41, 5.74) is 0.877. The van der Waals surface area contributed by atoms with Gasteiger partial charge in [0.1, 0.15) is 5.82 Å². The molecular weight excluding hydrogens is 240 g/mol. The third-order valence-electron chi connectivity index (χ3n) is 2.83. The van der Waals surface area contributed by atoms with Gasteiger partial charge < -0.3 is 10.4 Å². The Balaban J connectivity index is 2.15. The van der Waals surface area contributed by atoms with Gasteiger partial charge >= 0.3 is 0 Å². The van der Waals surface area contributed by atoms with Crippen molar-refractivity contribution in [2.45, 2.75) is 0 Å². The van der Waals surface area contributed by atoms with Crippen LogP contribution >= 0.6 is 0 Å². The van der Waals surface area contributed by atoms with E-state index in [0.717, 1.165) is 16.7 Å². The summed E-state index contributed by atoms with van der Waals surface area (Å²) in [6.45, 7) is 0.531. The fraction of sp³-hybridized carbons (Fsp3) is 0.143. The Morgan fingerprint density at radius 3 is 2.63 bits per heavy atom. The van der Waals surface area contributed by atoms with Crippen molar-refractivity contribution in [2.75, 3.05) is 18.5 Å². The van der Waals surface area contributed by atoms with Crippen LogP contribution in [0.25, 0.3) is 16.9 Å². The van der Waals surface area contributed by atoms with Crippen LogP contribution in [-0.4, -0.2) is 32.8 Å². The number of hydrogen-bond acceptors (Lipinski definition) is 4. The molecule has 2 heterocycles. The summed E-state index contributed by atoms with van der Waals surface area (Å²) < 4.78 is 1.86. The Labute approximate surface area is 110 Å². The average molecular weight is 254 g/mol. The van der Waals surface area contributed by atoms with Gasteiger partial charge in [-0.25, -0.2) is 4.98 Å². The van der Waals surface area contributed by atoms with E-state index in [0.29, 0.717) is 12.5 Å². The van der Waals surface area contributed by atoms with Crippen molar-refractivity contribution < 1.29 is 5.11 Å². The van der Waals surface area contributed by atoms with Crippen LogP contribution in [0.15, 0.2) is 48.8 Å². The van der Waals surface area contributed by atoms with E-state index >= 15 is 0 Å². The smallest absolute Gasteiger partial charge is 0.236 e. The zero-order valence-corrected chi connectivity index (χ0v) is 10.3. The Hall–Kier alpha value is -2.40. The Kier molecular flexibility index (Phi) is 3.12. The zero-order chi connectivity index (χ0) is 13.1. The monoisotopic (exact) mass is 254 g/mol. The zero-order valence-electron chi connectivity index (χ0n) is 10.3. The van der Waals surface area contributed by atoms with Crippen LogP contribution in [0.3, 0.4) is 0 Å². The third-order valence-corrected chi connectivity index (χ3v) is 2.83. The third kappa shape index (κ3) is 2.28. The molecule has 19 heavy (non-hydrogen) atoms. The summed E-state index contributed by atoms with van der Waals surface area (Å²) in [5.74, 6) is 1.35. The van der Waals surface area contributed by atoms with E-state index in [1.54, 1.807) is 0 Å². The number of hydrogen-bond donors (Lipinski definition) is 2. The second-order valence-electron chi connectivity index (χ2n) is 4.13. The molecule has 1 aromatic carbocycles. The lowest BCUT2D eigenvalue weighted by Gasteiger charge is -2.10. The fourth-order valence-electron chi connectivity index (χ4n) is 1.96. The van der Waals surface area contributed by atoms with Crippen LogP contribution in [0.1, 0.15) is 0 Å². The highest BCUT2D eigenvalue weighted by molar-refractivity contribution is 5.89. The van der Waals surface area contributed by atoms with E-state index in [9.17, 15) is 0 Å². The molecule has 0 radical (unpaired) electrons. The number of fused-ring (bicyclic) bond motifs is 1. The van der Waals surface area contributed by atoms with Crippen LogP contribution in [0.4, 0.5) is 5.82 Å². The van der Waals surface area contributed by atoms with Gasteiger partial charge in [-0.1, -0.05) is 12.1 Å². The highest BCUT2D eigenvalue weighted by Crippen LogP contribution is 2.21. The van der Waals surface area contributed by atoms with Gasteiger partial charge in [-0.3, -0.25) is 4.57 Å². The number of rotatable bonds is 4. The normalized spacial score (nSPS) is 10.8. The Morgan fingerprint density at radius 2 is 1.84 bits per heavy atom. The van der Waals surface area contributed by atoms with Crippen LogP contribution < -0.4 is 5.32 Å². The summed E-state index contributed by atoms with van der Waals surface area (Å²) in [6, 6.07) is 11.7. The number of aliphatic hydroxyl groups is 1. The summed E-state index contributed by atoms with van der Waals surface area (Å²) >= 11 is 0. The lowest BCUT2D eigenvalue weighted by Crippen LogP contribution is -2.10. The van der Waals surface area contributed by atoms with Crippen molar-refractivity contribution in [3.63, 3.8) is 0 Å². The van der Waals surface area contributed by atoms with Crippen LogP contribution in [0.2, 0.25) is 0 Å². The minimum Gasteiger partial charge on any atom is -0.395 e. The molecule has 0 saturated heterocycles.